The highest BCUT2D eigenvalue weighted by molar-refractivity contribution is 6.09. The zero-order valence-electron chi connectivity index (χ0n) is 10.7. The number of hydrogen-bond acceptors (Lipinski definition) is 3. The fourth-order valence-corrected chi connectivity index (χ4v) is 2.00. The molecule has 0 radical (unpaired) electrons. The molecule has 0 aliphatic rings. The number of carbonyl (C=O) groups is 1. The lowest BCUT2D eigenvalue weighted by molar-refractivity contribution is 0.103. The number of ketones is 1. The summed E-state index contributed by atoms with van der Waals surface area (Å²) in [4.78, 5) is 12.4. The Morgan fingerprint density at radius 1 is 0.800 bits per heavy atom. The second-order valence-electron chi connectivity index (χ2n) is 4.39. The van der Waals surface area contributed by atoms with Gasteiger partial charge in [-0.05, 0) is 6.07 Å². The van der Waals surface area contributed by atoms with Crippen LogP contribution < -0.4 is 0 Å². The van der Waals surface area contributed by atoms with Crippen LogP contribution in [0.15, 0.2) is 72.9 Å². The number of carbonyl (C=O) groups excluding carboxylic acids is 1. The smallest absolute Gasteiger partial charge is 0.194 e. The third-order valence-electron chi connectivity index (χ3n) is 3.02. The first-order valence-corrected chi connectivity index (χ1v) is 6.32. The number of nitrogens with zero attached hydrogens (tertiary/aromatic N) is 2. The molecule has 0 atom stereocenters. The van der Waals surface area contributed by atoms with Crippen LogP contribution in [0, 0.1) is 0 Å². The van der Waals surface area contributed by atoms with Crippen molar-refractivity contribution in [2.24, 2.45) is 0 Å². The van der Waals surface area contributed by atoms with Crippen LogP contribution in [0.4, 0.5) is 0 Å². The quantitative estimate of drug-likeness (QED) is 0.678. The Morgan fingerprint density at radius 3 is 2.15 bits per heavy atom. The molecule has 3 nitrogen and oxygen atoms in total. The van der Waals surface area contributed by atoms with Gasteiger partial charge in [-0.25, -0.2) is 0 Å². The number of rotatable bonds is 3. The molecule has 0 saturated carbocycles. The first kappa shape index (κ1) is 12.2. The van der Waals surface area contributed by atoms with E-state index in [1.165, 1.54) is 6.20 Å². The molecule has 3 heteroatoms. The van der Waals surface area contributed by atoms with Gasteiger partial charge < -0.3 is 0 Å². The number of aromatic nitrogens is 2. The first-order chi connectivity index (χ1) is 9.84. The predicted octanol–water partition coefficient (Wildman–Crippen LogP) is 3.37. The van der Waals surface area contributed by atoms with Gasteiger partial charge >= 0.3 is 0 Å². The van der Waals surface area contributed by atoms with E-state index in [0.29, 0.717) is 16.8 Å². The molecular weight excluding hydrogens is 248 g/mol. The number of hydrogen-bond donors (Lipinski definition) is 0. The molecule has 2 aromatic carbocycles. The van der Waals surface area contributed by atoms with Gasteiger partial charge in [0.05, 0.1) is 11.9 Å². The Labute approximate surface area is 116 Å². The van der Waals surface area contributed by atoms with Gasteiger partial charge in [-0.15, -0.1) is 0 Å². The highest BCUT2D eigenvalue weighted by atomic mass is 16.1. The minimum atomic E-state index is -0.0438. The van der Waals surface area contributed by atoms with Crippen molar-refractivity contribution in [3.63, 3.8) is 0 Å². The third-order valence-corrected chi connectivity index (χ3v) is 3.02. The molecule has 0 N–H and O–H groups in total. The van der Waals surface area contributed by atoms with Crippen molar-refractivity contribution in [2.45, 2.75) is 0 Å². The lowest BCUT2D eigenvalue weighted by atomic mass is 10.0. The summed E-state index contributed by atoms with van der Waals surface area (Å²) in [6.45, 7) is 0. The zero-order chi connectivity index (χ0) is 13.8. The summed E-state index contributed by atoms with van der Waals surface area (Å²) in [6, 6.07) is 20.6. The van der Waals surface area contributed by atoms with Crippen LogP contribution in [0.25, 0.3) is 11.3 Å². The molecule has 3 aromatic rings. The Balaban J connectivity index is 1.98. The summed E-state index contributed by atoms with van der Waals surface area (Å²) in [6.07, 6.45) is 1.50. The molecule has 0 fully saturated rings. The predicted molar refractivity (Wildman–Crippen MR) is 77.3 cm³/mol. The van der Waals surface area contributed by atoms with Gasteiger partial charge in [0.15, 0.2) is 5.78 Å². The monoisotopic (exact) mass is 260 g/mol. The summed E-state index contributed by atoms with van der Waals surface area (Å²) >= 11 is 0. The van der Waals surface area contributed by atoms with E-state index in [-0.39, 0.29) is 5.78 Å². The molecule has 0 aliphatic heterocycles. The van der Waals surface area contributed by atoms with Crippen molar-refractivity contribution < 1.29 is 4.79 Å². The fraction of sp³-hybridized carbons (Fsp3) is 0. The van der Waals surface area contributed by atoms with Gasteiger partial charge in [0.2, 0.25) is 0 Å². The minimum absolute atomic E-state index is 0.0438. The Hall–Kier alpha value is -2.81. The normalized spacial score (nSPS) is 10.2. The van der Waals surface area contributed by atoms with Crippen molar-refractivity contribution in [3.8, 4) is 11.3 Å². The van der Waals surface area contributed by atoms with E-state index in [0.717, 1.165) is 5.56 Å². The van der Waals surface area contributed by atoms with E-state index >= 15 is 0 Å². The molecule has 0 unspecified atom stereocenters. The molecule has 1 aromatic heterocycles. The lowest BCUT2D eigenvalue weighted by Crippen LogP contribution is -2.03. The molecular formula is C17H12N2O. The van der Waals surface area contributed by atoms with E-state index in [1.807, 2.05) is 48.5 Å². The topological polar surface area (TPSA) is 42.9 Å². The van der Waals surface area contributed by atoms with E-state index in [4.69, 9.17) is 0 Å². The Morgan fingerprint density at radius 2 is 1.45 bits per heavy atom. The summed E-state index contributed by atoms with van der Waals surface area (Å²) in [5.41, 5.74) is 2.85. The van der Waals surface area contributed by atoms with Crippen LogP contribution in [-0.4, -0.2) is 16.0 Å². The standard InChI is InChI=1S/C17H12N2O/c20-17(14-9-5-2-6-10-14)15-11-16(19-18-12-15)13-7-3-1-4-8-13/h1-12H. The van der Waals surface area contributed by atoms with Crippen molar-refractivity contribution in [1.82, 2.24) is 10.2 Å². The zero-order valence-corrected chi connectivity index (χ0v) is 10.7. The second-order valence-corrected chi connectivity index (χ2v) is 4.39. The van der Waals surface area contributed by atoms with Gasteiger partial charge in [-0.1, -0.05) is 60.7 Å². The summed E-state index contributed by atoms with van der Waals surface area (Å²) in [5.74, 6) is -0.0438. The van der Waals surface area contributed by atoms with Crippen molar-refractivity contribution in [3.05, 3.63) is 84.1 Å². The molecule has 0 saturated heterocycles. The number of benzene rings is 2. The molecule has 20 heavy (non-hydrogen) atoms. The van der Waals surface area contributed by atoms with Gasteiger partial charge in [0.25, 0.3) is 0 Å². The van der Waals surface area contributed by atoms with Crippen molar-refractivity contribution in [2.75, 3.05) is 0 Å². The highest BCUT2D eigenvalue weighted by Gasteiger charge is 2.10. The minimum Gasteiger partial charge on any atom is -0.289 e. The van der Waals surface area contributed by atoms with Crippen molar-refractivity contribution >= 4 is 5.78 Å². The average Bonchev–Trinajstić information content (AvgIpc) is 2.56. The van der Waals surface area contributed by atoms with Crippen LogP contribution in [0.3, 0.4) is 0 Å². The van der Waals surface area contributed by atoms with Gasteiger partial charge in [-0.2, -0.15) is 10.2 Å². The van der Waals surface area contributed by atoms with E-state index in [1.54, 1.807) is 18.2 Å². The van der Waals surface area contributed by atoms with E-state index in [9.17, 15) is 4.79 Å². The van der Waals surface area contributed by atoms with E-state index in [2.05, 4.69) is 10.2 Å². The summed E-state index contributed by atoms with van der Waals surface area (Å²) in [7, 11) is 0. The van der Waals surface area contributed by atoms with Crippen LogP contribution in [0.5, 0.6) is 0 Å². The maximum Gasteiger partial charge on any atom is 0.194 e. The maximum atomic E-state index is 12.4. The maximum absolute atomic E-state index is 12.4. The molecule has 0 bridgehead atoms. The van der Waals surface area contributed by atoms with Crippen LogP contribution in [0.2, 0.25) is 0 Å². The van der Waals surface area contributed by atoms with Gasteiger partial charge in [0, 0.05) is 16.7 Å². The summed E-state index contributed by atoms with van der Waals surface area (Å²) in [5, 5.41) is 8.02. The Kier molecular flexibility index (Phi) is 3.33. The Bertz CT molecular complexity index is 724. The molecule has 1 heterocycles. The first-order valence-electron chi connectivity index (χ1n) is 6.32. The van der Waals surface area contributed by atoms with Crippen molar-refractivity contribution in [1.29, 1.82) is 0 Å². The second kappa shape index (κ2) is 5.45. The SMILES string of the molecule is O=C(c1ccccc1)c1cnnc(-c2ccccc2)c1. The van der Waals surface area contributed by atoms with Crippen LogP contribution in [0.1, 0.15) is 15.9 Å². The highest BCUT2D eigenvalue weighted by Crippen LogP contribution is 2.18. The van der Waals surface area contributed by atoms with Gasteiger partial charge in [0.1, 0.15) is 0 Å². The van der Waals surface area contributed by atoms with E-state index < -0.39 is 0 Å². The summed E-state index contributed by atoms with van der Waals surface area (Å²) < 4.78 is 0. The molecule has 3 rings (SSSR count). The largest absolute Gasteiger partial charge is 0.289 e. The molecule has 0 spiro atoms. The molecule has 96 valence electrons. The van der Waals surface area contributed by atoms with Crippen LogP contribution >= 0.6 is 0 Å². The fourth-order valence-electron chi connectivity index (χ4n) is 2.00. The molecule has 0 amide bonds. The third kappa shape index (κ3) is 2.47. The van der Waals surface area contributed by atoms with Gasteiger partial charge in [-0.3, -0.25) is 4.79 Å². The molecule has 0 aliphatic carbocycles. The van der Waals surface area contributed by atoms with Crippen LogP contribution in [-0.2, 0) is 0 Å². The average molecular weight is 260 g/mol. The lowest BCUT2D eigenvalue weighted by Gasteiger charge is -2.03.